The van der Waals surface area contributed by atoms with E-state index in [1.807, 2.05) is 6.07 Å². The number of carbonyl (C=O) groups is 3. The van der Waals surface area contributed by atoms with Crippen molar-refractivity contribution in [3.63, 3.8) is 0 Å². The van der Waals surface area contributed by atoms with Crippen LogP contribution < -0.4 is 10.9 Å². The van der Waals surface area contributed by atoms with Crippen LogP contribution in [0, 0.1) is 5.41 Å². The molecule has 4 heterocycles. The third-order valence-corrected chi connectivity index (χ3v) is 7.05. The van der Waals surface area contributed by atoms with Gasteiger partial charge in [-0.15, -0.1) is 11.3 Å². The highest BCUT2D eigenvalue weighted by atomic mass is 35.5. The summed E-state index contributed by atoms with van der Waals surface area (Å²) in [5.41, 5.74) is -0.548. The van der Waals surface area contributed by atoms with E-state index in [-0.39, 0.29) is 40.7 Å². The second-order valence-corrected chi connectivity index (χ2v) is 11.9. The first-order valence-corrected chi connectivity index (χ1v) is 13.2. The predicted molar refractivity (Wildman–Crippen MR) is 150 cm³/mol. The number of ketones is 1. The molecule has 0 saturated carbocycles. The Morgan fingerprint density at radius 1 is 1.13 bits per heavy atom. The molecule has 0 aliphatic carbocycles. The van der Waals surface area contributed by atoms with Gasteiger partial charge < -0.3 is 14.6 Å². The molecule has 4 rings (SSSR count). The van der Waals surface area contributed by atoms with Crippen LogP contribution in [-0.2, 0) is 13.1 Å². The maximum Gasteiger partial charge on any atom is 0.255 e. The third-order valence-electron chi connectivity index (χ3n) is 5.82. The number of nitrogens with one attached hydrogen (secondary N) is 1. The summed E-state index contributed by atoms with van der Waals surface area (Å²) in [6.45, 7) is 5.30. The molecule has 0 spiro atoms. The molecule has 39 heavy (non-hydrogen) atoms. The first-order valence-electron chi connectivity index (χ1n) is 12.0. The Morgan fingerprint density at radius 2 is 1.87 bits per heavy atom. The minimum Gasteiger partial charge on any atom is -0.472 e. The monoisotopic (exact) mass is 569 g/mol. The van der Waals surface area contributed by atoms with Gasteiger partial charge in [0, 0.05) is 36.5 Å². The Bertz CT molecular complexity index is 1590. The van der Waals surface area contributed by atoms with Crippen molar-refractivity contribution in [2.24, 2.45) is 5.41 Å². The summed E-state index contributed by atoms with van der Waals surface area (Å²) in [4.78, 5) is 55.0. The molecule has 1 N–H and O–H groups in total. The van der Waals surface area contributed by atoms with Gasteiger partial charge in [-0.05, 0) is 24.3 Å². The fraction of sp³-hybridized carbons (Fsp3) is 0.296. The van der Waals surface area contributed by atoms with Gasteiger partial charge >= 0.3 is 0 Å². The molecule has 0 saturated heterocycles. The highest BCUT2D eigenvalue weighted by Crippen LogP contribution is 2.29. The Kier molecular flexibility index (Phi) is 7.94. The molecule has 0 aliphatic heterocycles. The van der Waals surface area contributed by atoms with Gasteiger partial charge in [0.25, 0.3) is 17.4 Å². The van der Waals surface area contributed by atoms with Gasteiger partial charge in [-0.3, -0.25) is 23.7 Å². The number of thiophene rings is 1. The summed E-state index contributed by atoms with van der Waals surface area (Å²) in [5.74, 6) is -0.726. The number of Topliss-reactive ketones (excluding diaryl/α,β-unsaturated/α-hetero) is 1. The van der Waals surface area contributed by atoms with Crippen molar-refractivity contribution in [3.8, 4) is 11.4 Å². The fourth-order valence-electron chi connectivity index (χ4n) is 3.80. The number of furan rings is 1. The van der Waals surface area contributed by atoms with E-state index >= 15 is 0 Å². The molecular weight excluding hydrogens is 542 g/mol. The standard InChI is InChI=1S/C27H28ClN5O5S/c1-27(2,3)26(37)33-22(29-13-17-6-8-21(28)39-17)12-19(30-33)24-18(25(36)31(4)5)7-9-23(35)32(24)14-20(34)16-10-11-38-15-16/h6-12,15,29H,13-14H2,1-5H3. The average molecular weight is 570 g/mol. The largest absolute Gasteiger partial charge is 0.472 e. The van der Waals surface area contributed by atoms with Crippen LogP contribution in [0.25, 0.3) is 11.4 Å². The fourth-order valence-corrected chi connectivity index (χ4v) is 4.83. The lowest BCUT2D eigenvalue weighted by Crippen LogP contribution is -2.31. The van der Waals surface area contributed by atoms with Crippen molar-refractivity contribution in [2.45, 2.75) is 33.9 Å². The smallest absolute Gasteiger partial charge is 0.255 e. The molecule has 0 radical (unpaired) electrons. The number of pyridine rings is 1. The predicted octanol–water partition coefficient (Wildman–Crippen LogP) is 4.90. The molecule has 0 fully saturated rings. The lowest BCUT2D eigenvalue weighted by molar-refractivity contribution is 0.0751. The lowest BCUT2D eigenvalue weighted by Gasteiger charge is -2.18. The van der Waals surface area contributed by atoms with Gasteiger partial charge in [-0.1, -0.05) is 32.4 Å². The topological polar surface area (TPSA) is 119 Å². The van der Waals surface area contributed by atoms with Gasteiger partial charge in [-0.25, -0.2) is 0 Å². The summed E-state index contributed by atoms with van der Waals surface area (Å²) < 4.78 is 8.08. The Hall–Kier alpha value is -3.96. The van der Waals surface area contributed by atoms with Gasteiger partial charge in [-0.2, -0.15) is 9.78 Å². The summed E-state index contributed by atoms with van der Waals surface area (Å²) in [6, 6.07) is 9.39. The molecule has 0 aliphatic rings. The zero-order chi connectivity index (χ0) is 28.5. The van der Waals surface area contributed by atoms with Crippen molar-refractivity contribution < 1.29 is 18.8 Å². The van der Waals surface area contributed by atoms with Gasteiger partial charge in [0.15, 0.2) is 5.78 Å². The maximum absolute atomic E-state index is 13.4. The maximum atomic E-state index is 13.4. The normalized spacial score (nSPS) is 11.4. The van der Waals surface area contributed by atoms with Crippen LogP contribution in [0.15, 0.2) is 58.1 Å². The summed E-state index contributed by atoms with van der Waals surface area (Å²) in [5, 5.41) is 7.78. The number of rotatable bonds is 8. The van der Waals surface area contributed by atoms with Crippen molar-refractivity contribution >= 4 is 46.4 Å². The minimum atomic E-state index is -0.790. The van der Waals surface area contributed by atoms with Gasteiger partial charge in [0.1, 0.15) is 17.8 Å². The molecular formula is C27H28ClN5O5S. The van der Waals surface area contributed by atoms with Crippen molar-refractivity contribution in [2.75, 3.05) is 19.4 Å². The van der Waals surface area contributed by atoms with E-state index in [0.29, 0.717) is 16.7 Å². The highest BCUT2D eigenvalue weighted by molar-refractivity contribution is 7.16. The molecule has 0 atom stereocenters. The number of halogens is 1. The number of carbonyl (C=O) groups excluding carboxylic acids is 3. The van der Waals surface area contributed by atoms with Gasteiger partial charge in [0.05, 0.1) is 40.5 Å². The second-order valence-electron chi connectivity index (χ2n) is 10.1. The minimum absolute atomic E-state index is 0.126. The van der Waals surface area contributed by atoms with Crippen LogP contribution >= 0.6 is 22.9 Å². The number of aromatic nitrogens is 3. The van der Waals surface area contributed by atoms with E-state index in [0.717, 1.165) is 4.88 Å². The molecule has 10 nitrogen and oxygen atoms in total. The average Bonchev–Trinajstić information content (AvgIpc) is 3.63. The molecule has 4 aromatic rings. The first kappa shape index (κ1) is 28.1. The molecule has 204 valence electrons. The van der Waals surface area contributed by atoms with Crippen LogP contribution in [0.3, 0.4) is 0 Å². The second kappa shape index (κ2) is 11.0. The number of anilines is 1. The Morgan fingerprint density at radius 3 is 2.46 bits per heavy atom. The molecule has 12 heteroatoms. The summed E-state index contributed by atoms with van der Waals surface area (Å²) in [7, 11) is 3.16. The number of nitrogens with zero attached hydrogens (tertiary/aromatic N) is 4. The highest BCUT2D eigenvalue weighted by Gasteiger charge is 2.29. The number of hydrogen-bond acceptors (Lipinski definition) is 8. The molecule has 1 amide bonds. The summed E-state index contributed by atoms with van der Waals surface area (Å²) >= 11 is 7.47. The van der Waals surface area contributed by atoms with Crippen LogP contribution in [0.4, 0.5) is 5.82 Å². The SMILES string of the molecule is CN(C)C(=O)c1ccc(=O)n(CC(=O)c2ccoc2)c1-c1cc(NCc2ccc(Cl)s2)n(C(=O)C(C)(C)C)n1. The van der Waals surface area contributed by atoms with E-state index < -0.39 is 16.9 Å². The first-order chi connectivity index (χ1) is 18.4. The van der Waals surface area contributed by atoms with Crippen LogP contribution in [0.5, 0.6) is 0 Å². The van der Waals surface area contributed by atoms with E-state index in [1.54, 1.807) is 47.0 Å². The van der Waals surface area contributed by atoms with E-state index in [9.17, 15) is 19.2 Å². The zero-order valence-electron chi connectivity index (χ0n) is 22.1. The van der Waals surface area contributed by atoms with Crippen molar-refractivity contribution in [3.05, 3.63) is 79.6 Å². The third kappa shape index (κ3) is 6.04. The van der Waals surface area contributed by atoms with Crippen LogP contribution in [0.1, 0.15) is 51.2 Å². The summed E-state index contributed by atoms with van der Waals surface area (Å²) in [6.07, 6.45) is 2.65. The quantitative estimate of drug-likeness (QED) is 0.300. The van der Waals surface area contributed by atoms with Crippen molar-refractivity contribution in [1.29, 1.82) is 0 Å². The molecule has 0 aromatic carbocycles. The number of amides is 1. The zero-order valence-corrected chi connectivity index (χ0v) is 23.7. The van der Waals surface area contributed by atoms with Crippen molar-refractivity contribution in [1.82, 2.24) is 19.2 Å². The van der Waals surface area contributed by atoms with E-state index in [1.165, 1.54) is 56.2 Å². The Labute approximate surface area is 233 Å². The molecule has 0 bridgehead atoms. The van der Waals surface area contributed by atoms with Crippen LogP contribution in [0.2, 0.25) is 4.34 Å². The van der Waals surface area contributed by atoms with Gasteiger partial charge in [0.2, 0.25) is 0 Å². The molecule has 0 unspecified atom stereocenters. The van der Waals surface area contributed by atoms with Crippen LogP contribution in [-0.4, -0.2) is 50.9 Å². The number of hydrogen-bond donors (Lipinski definition) is 1. The Balaban J connectivity index is 1.89. The van der Waals surface area contributed by atoms with E-state index in [4.69, 9.17) is 16.0 Å². The van der Waals surface area contributed by atoms with E-state index in [2.05, 4.69) is 10.4 Å². The molecule has 4 aromatic heterocycles. The lowest BCUT2D eigenvalue weighted by atomic mass is 9.96.